The first-order chi connectivity index (χ1) is 8.04. The van der Waals surface area contributed by atoms with Crippen molar-refractivity contribution in [2.75, 3.05) is 18.8 Å². The summed E-state index contributed by atoms with van der Waals surface area (Å²) in [5.74, 6) is -0.374. The van der Waals surface area contributed by atoms with Crippen LogP contribution in [0.1, 0.15) is 17.9 Å². The number of nitrogens with one attached hydrogen (secondary N) is 1. The highest BCUT2D eigenvalue weighted by atomic mass is 32.2. The van der Waals surface area contributed by atoms with Crippen LogP contribution in [-0.4, -0.2) is 25.0 Å². The SMILES string of the molecule is FC(F)(F)CSc1cccc(C2CCNC2)c1. The molecule has 1 aliphatic heterocycles. The van der Waals surface area contributed by atoms with Gasteiger partial charge in [-0.2, -0.15) is 13.2 Å². The van der Waals surface area contributed by atoms with Crippen LogP contribution >= 0.6 is 11.8 Å². The van der Waals surface area contributed by atoms with Gasteiger partial charge < -0.3 is 5.32 Å². The van der Waals surface area contributed by atoms with E-state index in [0.717, 1.165) is 36.8 Å². The molecule has 0 radical (unpaired) electrons. The van der Waals surface area contributed by atoms with E-state index in [-0.39, 0.29) is 0 Å². The van der Waals surface area contributed by atoms with Crippen LogP contribution in [0.5, 0.6) is 0 Å². The van der Waals surface area contributed by atoms with E-state index < -0.39 is 11.9 Å². The Morgan fingerprint density at radius 3 is 2.82 bits per heavy atom. The molecule has 1 atom stereocenters. The van der Waals surface area contributed by atoms with Crippen molar-refractivity contribution in [3.63, 3.8) is 0 Å². The number of halogens is 3. The van der Waals surface area contributed by atoms with Crippen molar-refractivity contribution in [2.24, 2.45) is 0 Å². The quantitative estimate of drug-likeness (QED) is 0.837. The minimum absolute atomic E-state index is 0.446. The summed E-state index contributed by atoms with van der Waals surface area (Å²) in [4.78, 5) is 0.701. The molecule has 17 heavy (non-hydrogen) atoms. The summed E-state index contributed by atoms with van der Waals surface area (Å²) in [5, 5.41) is 3.26. The normalized spacial score (nSPS) is 20.8. The molecule has 1 unspecified atom stereocenters. The molecule has 1 N–H and O–H groups in total. The molecule has 1 aliphatic rings. The lowest BCUT2D eigenvalue weighted by Crippen LogP contribution is -2.10. The van der Waals surface area contributed by atoms with E-state index >= 15 is 0 Å². The minimum Gasteiger partial charge on any atom is -0.316 e. The molecule has 1 saturated heterocycles. The van der Waals surface area contributed by atoms with E-state index in [2.05, 4.69) is 5.32 Å². The standard InChI is InChI=1S/C12H14F3NS/c13-12(14,15)8-17-11-3-1-2-9(6-11)10-4-5-16-7-10/h1-3,6,10,16H,4-5,7-8H2. The van der Waals surface area contributed by atoms with E-state index in [1.807, 2.05) is 18.2 Å². The molecule has 1 aromatic rings. The van der Waals surface area contributed by atoms with Crippen LogP contribution < -0.4 is 5.32 Å². The third kappa shape index (κ3) is 3.92. The Kier molecular flexibility index (Phi) is 3.99. The lowest BCUT2D eigenvalue weighted by Gasteiger charge is -2.11. The summed E-state index contributed by atoms with van der Waals surface area (Å²) in [6.45, 7) is 1.91. The maximum absolute atomic E-state index is 12.1. The molecule has 1 heterocycles. The summed E-state index contributed by atoms with van der Waals surface area (Å²) in [5.41, 5.74) is 1.14. The van der Waals surface area contributed by atoms with Crippen molar-refractivity contribution in [3.8, 4) is 0 Å². The van der Waals surface area contributed by atoms with Gasteiger partial charge in [0.25, 0.3) is 0 Å². The molecule has 0 saturated carbocycles. The third-order valence-electron chi connectivity index (χ3n) is 2.79. The molecule has 0 aliphatic carbocycles. The fourth-order valence-electron chi connectivity index (χ4n) is 1.96. The summed E-state index contributed by atoms with van der Waals surface area (Å²) < 4.78 is 36.3. The molecule has 0 bridgehead atoms. The van der Waals surface area contributed by atoms with Gasteiger partial charge in [-0.3, -0.25) is 0 Å². The zero-order valence-electron chi connectivity index (χ0n) is 9.26. The number of benzene rings is 1. The first kappa shape index (κ1) is 12.8. The lowest BCUT2D eigenvalue weighted by molar-refractivity contribution is -0.105. The molecule has 5 heteroatoms. The number of hydrogen-bond acceptors (Lipinski definition) is 2. The van der Waals surface area contributed by atoms with Crippen LogP contribution in [-0.2, 0) is 0 Å². The van der Waals surface area contributed by atoms with Crippen LogP contribution in [0.3, 0.4) is 0 Å². The second-order valence-electron chi connectivity index (χ2n) is 4.17. The molecule has 1 fully saturated rings. The number of hydrogen-bond donors (Lipinski definition) is 1. The Hall–Kier alpha value is -0.680. The monoisotopic (exact) mass is 261 g/mol. The molecule has 0 aromatic heterocycles. The Bertz CT molecular complexity index is 372. The van der Waals surface area contributed by atoms with Crippen molar-refractivity contribution in [3.05, 3.63) is 29.8 Å². The van der Waals surface area contributed by atoms with E-state index in [4.69, 9.17) is 0 Å². The van der Waals surface area contributed by atoms with Gasteiger partial charge in [-0.05, 0) is 36.6 Å². The Labute approximate surface area is 103 Å². The predicted molar refractivity (Wildman–Crippen MR) is 63.4 cm³/mol. The van der Waals surface area contributed by atoms with Gasteiger partial charge in [-0.1, -0.05) is 12.1 Å². The smallest absolute Gasteiger partial charge is 0.316 e. The highest BCUT2D eigenvalue weighted by Crippen LogP contribution is 2.30. The van der Waals surface area contributed by atoms with Gasteiger partial charge in [0.05, 0.1) is 5.75 Å². The largest absolute Gasteiger partial charge is 0.398 e. The van der Waals surface area contributed by atoms with Crippen LogP contribution in [0.15, 0.2) is 29.2 Å². The van der Waals surface area contributed by atoms with Crippen molar-refractivity contribution >= 4 is 11.8 Å². The average Bonchev–Trinajstić information content (AvgIpc) is 2.79. The summed E-state index contributed by atoms with van der Waals surface area (Å²) in [6, 6.07) is 7.46. The molecule has 0 spiro atoms. The number of alkyl halides is 3. The maximum Gasteiger partial charge on any atom is 0.398 e. The van der Waals surface area contributed by atoms with Crippen molar-refractivity contribution in [2.45, 2.75) is 23.4 Å². The number of thioether (sulfide) groups is 1. The molecule has 1 aromatic carbocycles. The zero-order chi connectivity index (χ0) is 12.3. The van der Waals surface area contributed by atoms with Crippen molar-refractivity contribution in [1.82, 2.24) is 5.32 Å². The van der Waals surface area contributed by atoms with Crippen LogP contribution in [0.4, 0.5) is 13.2 Å². The van der Waals surface area contributed by atoms with Crippen LogP contribution in [0.25, 0.3) is 0 Å². The van der Waals surface area contributed by atoms with Gasteiger partial charge in [0, 0.05) is 11.4 Å². The summed E-state index contributed by atoms with van der Waals surface area (Å²) >= 11 is 0.855. The zero-order valence-corrected chi connectivity index (χ0v) is 10.1. The Balaban J connectivity index is 2.01. The van der Waals surface area contributed by atoms with Gasteiger partial charge in [0.15, 0.2) is 0 Å². The van der Waals surface area contributed by atoms with E-state index in [1.54, 1.807) is 6.07 Å². The summed E-state index contributed by atoms with van der Waals surface area (Å²) in [7, 11) is 0. The van der Waals surface area contributed by atoms with Gasteiger partial charge in [-0.25, -0.2) is 0 Å². The van der Waals surface area contributed by atoms with E-state index in [9.17, 15) is 13.2 Å². The molecule has 0 amide bonds. The second-order valence-corrected chi connectivity index (χ2v) is 5.21. The lowest BCUT2D eigenvalue weighted by atomic mass is 9.99. The fraction of sp³-hybridized carbons (Fsp3) is 0.500. The van der Waals surface area contributed by atoms with Gasteiger partial charge in [-0.15, -0.1) is 11.8 Å². The molecular weight excluding hydrogens is 247 g/mol. The van der Waals surface area contributed by atoms with E-state index in [0.29, 0.717) is 10.8 Å². The van der Waals surface area contributed by atoms with Crippen LogP contribution in [0, 0.1) is 0 Å². The first-order valence-electron chi connectivity index (χ1n) is 5.55. The van der Waals surface area contributed by atoms with Gasteiger partial charge >= 0.3 is 6.18 Å². The number of rotatable bonds is 3. The maximum atomic E-state index is 12.1. The molecule has 1 nitrogen and oxygen atoms in total. The topological polar surface area (TPSA) is 12.0 Å². The van der Waals surface area contributed by atoms with Crippen molar-refractivity contribution < 1.29 is 13.2 Å². The Morgan fingerprint density at radius 2 is 2.18 bits per heavy atom. The van der Waals surface area contributed by atoms with E-state index in [1.165, 1.54) is 0 Å². The first-order valence-corrected chi connectivity index (χ1v) is 6.53. The molecule has 94 valence electrons. The highest BCUT2D eigenvalue weighted by Gasteiger charge is 2.27. The second kappa shape index (κ2) is 5.31. The molecular formula is C12H14F3NS. The van der Waals surface area contributed by atoms with Crippen molar-refractivity contribution in [1.29, 1.82) is 0 Å². The highest BCUT2D eigenvalue weighted by molar-refractivity contribution is 7.99. The Morgan fingerprint density at radius 1 is 1.35 bits per heavy atom. The molecule has 2 rings (SSSR count). The summed E-state index contributed by atoms with van der Waals surface area (Å²) in [6.07, 6.45) is -3.04. The van der Waals surface area contributed by atoms with Gasteiger partial charge in [0.2, 0.25) is 0 Å². The minimum atomic E-state index is -4.10. The average molecular weight is 261 g/mol. The third-order valence-corrected chi connectivity index (χ3v) is 3.85. The predicted octanol–water partition coefficient (Wildman–Crippen LogP) is 3.42. The van der Waals surface area contributed by atoms with Gasteiger partial charge in [0.1, 0.15) is 0 Å². The van der Waals surface area contributed by atoms with Crippen LogP contribution in [0.2, 0.25) is 0 Å². The fourth-order valence-corrected chi connectivity index (χ4v) is 2.69.